The second kappa shape index (κ2) is 20.2. The highest BCUT2D eigenvalue weighted by molar-refractivity contribution is 7.88. The van der Waals surface area contributed by atoms with Crippen molar-refractivity contribution in [1.29, 1.82) is 0 Å². The van der Waals surface area contributed by atoms with Gasteiger partial charge in [0.1, 0.15) is 6.61 Å². The third kappa shape index (κ3) is 14.0. The maximum Gasteiger partial charge on any atom is 0.407 e. The van der Waals surface area contributed by atoms with Gasteiger partial charge >= 0.3 is 6.09 Å². The van der Waals surface area contributed by atoms with Gasteiger partial charge in [0.05, 0.1) is 35.4 Å². The van der Waals surface area contributed by atoms with Gasteiger partial charge in [-0.15, -0.1) is 11.3 Å². The first kappa shape index (κ1) is 38.3. The number of ketones is 1. The van der Waals surface area contributed by atoms with E-state index in [0.29, 0.717) is 57.4 Å². The number of carbonyl (C=O) groups excluding carboxylic acids is 2. The minimum absolute atomic E-state index is 0.0855. The monoisotopic (exact) mass is 732 g/mol. The summed E-state index contributed by atoms with van der Waals surface area (Å²) in [6.45, 7) is 3.46. The fourth-order valence-electron chi connectivity index (χ4n) is 6.34. The molecule has 10 nitrogen and oxygen atoms in total. The molecular formula is C39H48N4O6S2. The Hall–Kier alpha value is -3.94. The summed E-state index contributed by atoms with van der Waals surface area (Å²) in [6.07, 6.45) is 4.24. The standard InChI is InChI=1S/C39H48N4O6S2/c44-38(37(18-19-43-20-22-48-23-21-43)42-51(46,47)29-33-14-8-3-9-15-33)26-34(24-31-10-4-1-5-11-31)16-17-35(25-32-12-6-2-7-13-32)41-39(45)49-28-36-27-40-30-50-36/h1-15,27,30,34-35,37,42H,16-26,28-29H2,(H,41,45)/t34-,35-,37+/m1/s1. The molecule has 3 atom stereocenters. The molecule has 2 heterocycles. The number of thiazole rings is 1. The number of carbonyl (C=O) groups is 2. The zero-order valence-electron chi connectivity index (χ0n) is 28.9. The summed E-state index contributed by atoms with van der Waals surface area (Å²) in [4.78, 5) is 34.2. The molecule has 0 unspecified atom stereocenters. The summed E-state index contributed by atoms with van der Waals surface area (Å²) in [5, 5.41) is 3.06. The summed E-state index contributed by atoms with van der Waals surface area (Å²) < 4.78 is 40.6. The normalized spacial score (nSPS) is 15.5. The largest absolute Gasteiger partial charge is 0.444 e. The van der Waals surface area contributed by atoms with Crippen molar-refractivity contribution in [2.75, 3.05) is 32.8 Å². The predicted molar refractivity (Wildman–Crippen MR) is 200 cm³/mol. The van der Waals surface area contributed by atoms with Crippen molar-refractivity contribution >= 4 is 33.2 Å². The Morgan fingerprint density at radius 2 is 1.47 bits per heavy atom. The highest BCUT2D eigenvalue weighted by atomic mass is 32.2. The number of rotatable bonds is 20. The van der Waals surface area contributed by atoms with Crippen LogP contribution in [0.5, 0.6) is 0 Å². The lowest BCUT2D eigenvalue weighted by Gasteiger charge is -2.29. The Morgan fingerprint density at radius 3 is 2.10 bits per heavy atom. The Morgan fingerprint density at radius 1 is 0.843 bits per heavy atom. The average Bonchev–Trinajstić information content (AvgIpc) is 3.67. The molecule has 0 spiro atoms. The van der Waals surface area contributed by atoms with E-state index in [0.717, 1.165) is 29.1 Å². The number of ether oxygens (including phenoxy) is 2. The minimum Gasteiger partial charge on any atom is -0.444 e. The molecule has 12 heteroatoms. The van der Waals surface area contributed by atoms with Gasteiger partial charge in [0.2, 0.25) is 10.0 Å². The molecule has 1 amide bonds. The number of amides is 1. The Balaban J connectivity index is 1.30. The smallest absolute Gasteiger partial charge is 0.407 e. The van der Waals surface area contributed by atoms with Crippen molar-refractivity contribution in [2.45, 2.75) is 63.0 Å². The van der Waals surface area contributed by atoms with Gasteiger partial charge in [-0.05, 0) is 54.7 Å². The van der Waals surface area contributed by atoms with Crippen LogP contribution in [0.2, 0.25) is 0 Å². The summed E-state index contributed by atoms with van der Waals surface area (Å²) in [6, 6.07) is 27.9. The van der Waals surface area contributed by atoms with Crippen LogP contribution in [0.4, 0.5) is 4.79 Å². The second-order valence-electron chi connectivity index (χ2n) is 13.0. The lowest BCUT2D eigenvalue weighted by molar-refractivity contribution is -0.122. The molecule has 0 bridgehead atoms. The SMILES string of the molecule is O=C(N[C@H](CC[C@@H](CC(=O)[C@H](CCN1CCOCC1)NS(=O)(=O)Cc1ccccc1)Cc1ccccc1)Cc1ccccc1)OCc1cncs1. The molecular weight excluding hydrogens is 685 g/mol. The van der Waals surface area contributed by atoms with Gasteiger partial charge in [-0.2, -0.15) is 0 Å². The molecule has 1 saturated heterocycles. The van der Waals surface area contributed by atoms with Crippen LogP contribution >= 0.6 is 11.3 Å². The molecule has 3 aromatic carbocycles. The van der Waals surface area contributed by atoms with E-state index in [1.807, 2.05) is 66.7 Å². The maximum atomic E-state index is 14.2. The maximum absolute atomic E-state index is 14.2. The van der Waals surface area contributed by atoms with E-state index < -0.39 is 22.2 Å². The molecule has 272 valence electrons. The zero-order chi connectivity index (χ0) is 35.7. The van der Waals surface area contributed by atoms with Crippen LogP contribution in [-0.4, -0.2) is 75.1 Å². The van der Waals surface area contributed by atoms with Crippen LogP contribution in [0.1, 0.15) is 47.3 Å². The number of alkyl carbamates (subject to hydrolysis) is 1. The number of sulfonamides is 1. The first-order valence-electron chi connectivity index (χ1n) is 17.6. The number of aromatic nitrogens is 1. The lowest BCUT2D eigenvalue weighted by Crippen LogP contribution is -2.45. The van der Waals surface area contributed by atoms with Crippen LogP contribution < -0.4 is 10.0 Å². The first-order valence-corrected chi connectivity index (χ1v) is 20.1. The molecule has 5 rings (SSSR count). The van der Waals surface area contributed by atoms with Crippen LogP contribution in [0.25, 0.3) is 0 Å². The van der Waals surface area contributed by atoms with Gasteiger partial charge in [0.25, 0.3) is 0 Å². The number of hydrogen-bond donors (Lipinski definition) is 2. The van der Waals surface area contributed by atoms with E-state index in [2.05, 4.69) is 19.9 Å². The zero-order valence-corrected chi connectivity index (χ0v) is 30.5. The van der Waals surface area contributed by atoms with Gasteiger partial charge in [-0.1, -0.05) is 91.0 Å². The van der Waals surface area contributed by atoms with E-state index in [-0.39, 0.29) is 36.5 Å². The van der Waals surface area contributed by atoms with Crippen LogP contribution in [0, 0.1) is 5.92 Å². The Labute approximate surface area is 305 Å². The summed E-state index contributed by atoms with van der Waals surface area (Å²) >= 11 is 1.43. The topological polar surface area (TPSA) is 127 Å². The van der Waals surface area contributed by atoms with Crippen molar-refractivity contribution in [3.8, 4) is 0 Å². The number of hydrogen-bond acceptors (Lipinski definition) is 9. The van der Waals surface area contributed by atoms with E-state index in [4.69, 9.17) is 9.47 Å². The average molecular weight is 733 g/mol. The molecule has 4 aromatic rings. The summed E-state index contributed by atoms with van der Waals surface area (Å²) in [5.74, 6) is -0.413. The van der Waals surface area contributed by atoms with E-state index in [1.165, 1.54) is 11.3 Å². The summed E-state index contributed by atoms with van der Waals surface area (Å²) in [7, 11) is -3.80. The third-order valence-corrected chi connectivity index (χ3v) is 11.1. The number of benzene rings is 3. The number of nitrogens with one attached hydrogen (secondary N) is 2. The lowest BCUT2D eigenvalue weighted by atomic mass is 9.86. The number of morpholine rings is 1. The predicted octanol–water partition coefficient (Wildman–Crippen LogP) is 5.79. The highest BCUT2D eigenvalue weighted by Crippen LogP contribution is 2.23. The van der Waals surface area contributed by atoms with Crippen molar-refractivity contribution < 1.29 is 27.5 Å². The molecule has 0 radical (unpaired) electrons. The van der Waals surface area contributed by atoms with Crippen molar-refractivity contribution in [1.82, 2.24) is 19.9 Å². The minimum atomic E-state index is -3.80. The van der Waals surface area contributed by atoms with Crippen LogP contribution in [0.15, 0.2) is 103 Å². The molecule has 1 aromatic heterocycles. The van der Waals surface area contributed by atoms with E-state index >= 15 is 0 Å². The molecule has 51 heavy (non-hydrogen) atoms. The van der Waals surface area contributed by atoms with Crippen LogP contribution in [0.3, 0.4) is 0 Å². The fraction of sp³-hybridized carbons (Fsp3) is 0.410. The van der Waals surface area contributed by atoms with Crippen LogP contribution in [-0.2, 0) is 49.5 Å². The highest BCUT2D eigenvalue weighted by Gasteiger charge is 2.28. The van der Waals surface area contributed by atoms with E-state index in [9.17, 15) is 18.0 Å². The first-order chi connectivity index (χ1) is 24.8. The second-order valence-corrected chi connectivity index (χ2v) is 15.8. The van der Waals surface area contributed by atoms with Crippen molar-refractivity contribution in [3.05, 3.63) is 124 Å². The van der Waals surface area contributed by atoms with Gasteiger partial charge in [0, 0.05) is 38.3 Å². The van der Waals surface area contributed by atoms with Crippen molar-refractivity contribution in [2.24, 2.45) is 5.92 Å². The van der Waals surface area contributed by atoms with Crippen molar-refractivity contribution in [3.63, 3.8) is 0 Å². The van der Waals surface area contributed by atoms with Gasteiger partial charge < -0.3 is 14.8 Å². The molecule has 1 fully saturated rings. The Kier molecular flexibility index (Phi) is 15.2. The molecule has 1 aliphatic rings. The molecule has 1 aliphatic heterocycles. The third-order valence-electron chi connectivity index (χ3n) is 9.00. The fourth-order valence-corrected chi connectivity index (χ4v) is 8.25. The molecule has 0 aliphatic carbocycles. The Bertz CT molecular complexity index is 1700. The number of nitrogens with zero attached hydrogens (tertiary/aromatic N) is 2. The molecule has 0 saturated carbocycles. The quantitative estimate of drug-likeness (QED) is 0.117. The van der Waals surface area contributed by atoms with Gasteiger partial charge in [-0.25, -0.2) is 17.9 Å². The summed E-state index contributed by atoms with van der Waals surface area (Å²) in [5.41, 5.74) is 4.54. The number of Topliss-reactive ketones (excluding diaryl/α,β-unsaturated/α-hetero) is 1. The van der Waals surface area contributed by atoms with E-state index in [1.54, 1.807) is 36.0 Å². The van der Waals surface area contributed by atoms with Gasteiger partial charge in [-0.3, -0.25) is 14.7 Å². The van der Waals surface area contributed by atoms with Gasteiger partial charge in [0.15, 0.2) is 5.78 Å². The molecule has 2 N–H and O–H groups in total.